The molecule has 0 aliphatic heterocycles. The van der Waals surface area contributed by atoms with Crippen LogP contribution in [-0.2, 0) is 9.53 Å². The molecule has 0 radical (unpaired) electrons. The predicted molar refractivity (Wildman–Crippen MR) is 73.5 cm³/mol. The fourth-order valence-corrected chi connectivity index (χ4v) is 2.57. The molecule has 1 aliphatic carbocycles. The van der Waals surface area contributed by atoms with Crippen LogP contribution in [-0.4, -0.2) is 24.4 Å². The summed E-state index contributed by atoms with van der Waals surface area (Å²) in [5.41, 5.74) is 0.634. The lowest BCUT2D eigenvalue weighted by molar-refractivity contribution is -0.313. The molecule has 1 fully saturated rings. The number of benzene rings is 1. The smallest absolute Gasteiger partial charge is 0.434 e. The fourth-order valence-electron chi connectivity index (χ4n) is 2.44. The van der Waals surface area contributed by atoms with Gasteiger partial charge >= 0.3 is 18.3 Å². The van der Waals surface area contributed by atoms with Crippen molar-refractivity contribution in [3.63, 3.8) is 0 Å². The van der Waals surface area contributed by atoms with Gasteiger partial charge in [0.25, 0.3) is 6.10 Å². The molecule has 0 spiro atoms. The Hall–Kier alpha value is -1.44. The predicted octanol–water partition coefficient (Wildman–Crippen LogP) is 5.26. The lowest BCUT2D eigenvalue weighted by atomic mass is 9.91. The zero-order valence-electron chi connectivity index (χ0n) is 12.1. The fraction of sp³-hybridized carbons (Fsp3) is 0.533. The van der Waals surface area contributed by atoms with Crippen LogP contribution in [0, 0.1) is 5.92 Å². The van der Waals surface area contributed by atoms with Gasteiger partial charge in [-0.1, -0.05) is 23.7 Å². The molecule has 1 aliphatic rings. The van der Waals surface area contributed by atoms with Crippen LogP contribution in [0.2, 0.25) is 5.02 Å². The van der Waals surface area contributed by atoms with E-state index in [1.54, 1.807) is 24.3 Å². The van der Waals surface area contributed by atoms with Crippen LogP contribution < -0.4 is 0 Å². The van der Waals surface area contributed by atoms with Crippen LogP contribution >= 0.6 is 11.6 Å². The first-order valence-electron chi connectivity index (χ1n) is 7.07. The maximum atomic E-state index is 12.4. The first kappa shape index (κ1) is 18.9. The van der Waals surface area contributed by atoms with E-state index in [2.05, 4.69) is 4.74 Å². The van der Waals surface area contributed by atoms with Gasteiger partial charge in [-0.2, -0.15) is 26.3 Å². The molecule has 2 rings (SSSR count). The standard InChI is InChI=1S/C15H13ClF6O2/c16-10-5-3-9(4-6-10)11(8-1-2-8)7-12(23)24-13(14(17,18)19)15(20,21)22/h3-6,8,11,13H,1-2,7H2/t11-/m1/s1. The van der Waals surface area contributed by atoms with Crippen LogP contribution in [0.5, 0.6) is 0 Å². The third-order valence-corrected chi connectivity index (χ3v) is 3.97. The molecule has 0 saturated heterocycles. The van der Waals surface area contributed by atoms with E-state index in [0.29, 0.717) is 10.6 Å². The van der Waals surface area contributed by atoms with Gasteiger partial charge in [-0.15, -0.1) is 0 Å². The number of hydrogen-bond donors (Lipinski definition) is 0. The Morgan fingerprint density at radius 2 is 1.58 bits per heavy atom. The molecule has 134 valence electrons. The summed E-state index contributed by atoms with van der Waals surface area (Å²) in [6.07, 6.45) is -14.6. The average Bonchev–Trinajstić information content (AvgIpc) is 3.25. The van der Waals surface area contributed by atoms with E-state index in [1.165, 1.54) is 0 Å². The summed E-state index contributed by atoms with van der Waals surface area (Å²) < 4.78 is 78.4. The second-order valence-electron chi connectivity index (χ2n) is 5.65. The lowest BCUT2D eigenvalue weighted by Crippen LogP contribution is -2.45. The Balaban J connectivity index is 2.09. The molecule has 1 atom stereocenters. The summed E-state index contributed by atoms with van der Waals surface area (Å²) in [5.74, 6) is -1.98. The Morgan fingerprint density at radius 1 is 1.08 bits per heavy atom. The Labute approximate surface area is 138 Å². The summed E-state index contributed by atoms with van der Waals surface area (Å²) in [6.45, 7) is 0. The minimum Gasteiger partial charge on any atom is -0.443 e. The first-order valence-corrected chi connectivity index (χ1v) is 7.44. The summed E-state index contributed by atoms with van der Waals surface area (Å²) in [7, 11) is 0. The van der Waals surface area contributed by atoms with Gasteiger partial charge in [0.05, 0.1) is 6.42 Å². The van der Waals surface area contributed by atoms with E-state index >= 15 is 0 Å². The molecule has 1 saturated carbocycles. The van der Waals surface area contributed by atoms with E-state index in [4.69, 9.17) is 11.6 Å². The first-order chi connectivity index (χ1) is 11.0. The zero-order valence-corrected chi connectivity index (χ0v) is 12.9. The Morgan fingerprint density at radius 3 is 2.00 bits per heavy atom. The molecular formula is C15H13ClF6O2. The highest BCUT2D eigenvalue weighted by molar-refractivity contribution is 6.30. The molecule has 9 heteroatoms. The number of alkyl halides is 6. The van der Waals surface area contributed by atoms with E-state index in [9.17, 15) is 31.1 Å². The van der Waals surface area contributed by atoms with Crippen molar-refractivity contribution in [2.24, 2.45) is 5.92 Å². The monoisotopic (exact) mass is 374 g/mol. The third kappa shape index (κ3) is 5.03. The second kappa shape index (κ2) is 6.82. The highest BCUT2D eigenvalue weighted by atomic mass is 35.5. The summed E-state index contributed by atoms with van der Waals surface area (Å²) >= 11 is 5.74. The van der Waals surface area contributed by atoms with Gasteiger partial charge in [0.15, 0.2) is 0 Å². The Kier molecular flexibility index (Phi) is 5.37. The van der Waals surface area contributed by atoms with Gasteiger partial charge in [0.2, 0.25) is 0 Å². The van der Waals surface area contributed by atoms with Crippen LogP contribution in [0.4, 0.5) is 26.3 Å². The van der Waals surface area contributed by atoms with Crippen molar-refractivity contribution in [2.75, 3.05) is 0 Å². The second-order valence-corrected chi connectivity index (χ2v) is 6.09. The van der Waals surface area contributed by atoms with Crippen molar-refractivity contribution < 1.29 is 35.9 Å². The van der Waals surface area contributed by atoms with Crippen LogP contribution in [0.3, 0.4) is 0 Å². The highest BCUT2D eigenvalue weighted by Gasteiger charge is 2.60. The van der Waals surface area contributed by atoms with Crippen LogP contribution in [0.15, 0.2) is 24.3 Å². The quantitative estimate of drug-likeness (QED) is 0.519. The van der Waals surface area contributed by atoms with Gasteiger partial charge in [-0.3, -0.25) is 4.79 Å². The summed E-state index contributed by atoms with van der Waals surface area (Å²) in [6, 6.07) is 6.30. The summed E-state index contributed by atoms with van der Waals surface area (Å²) in [5, 5.41) is 0.435. The van der Waals surface area contributed by atoms with Crippen molar-refractivity contribution in [1.82, 2.24) is 0 Å². The van der Waals surface area contributed by atoms with E-state index < -0.39 is 36.8 Å². The molecular weight excluding hydrogens is 362 g/mol. The number of hydrogen-bond acceptors (Lipinski definition) is 2. The van der Waals surface area contributed by atoms with Crippen molar-refractivity contribution in [2.45, 2.75) is 43.6 Å². The number of esters is 1. The van der Waals surface area contributed by atoms with Crippen molar-refractivity contribution in [3.8, 4) is 0 Å². The molecule has 2 nitrogen and oxygen atoms in total. The normalized spacial score (nSPS) is 17.0. The molecule has 0 unspecified atom stereocenters. The van der Waals surface area contributed by atoms with Gasteiger partial charge < -0.3 is 4.74 Å². The molecule has 1 aromatic rings. The zero-order chi connectivity index (χ0) is 18.1. The minimum atomic E-state index is -5.71. The molecule has 0 amide bonds. The van der Waals surface area contributed by atoms with Crippen molar-refractivity contribution in [3.05, 3.63) is 34.9 Å². The van der Waals surface area contributed by atoms with Crippen molar-refractivity contribution >= 4 is 17.6 Å². The number of carbonyl (C=O) groups is 1. The van der Waals surface area contributed by atoms with E-state index in [0.717, 1.165) is 12.8 Å². The van der Waals surface area contributed by atoms with Gasteiger partial charge in [-0.25, -0.2) is 0 Å². The Bertz CT molecular complexity index is 563. The van der Waals surface area contributed by atoms with E-state index in [-0.39, 0.29) is 5.92 Å². The molecule has 0 N–H and O–H groups in total. The van der Waals surface area contributed by atoms with Gasteiger partial charge in [0, 0.05) is 5.02 Å². The van der Waals surface area contributed by atoms with Gasteiger partial charge in [0.1, 0.15) is 0 Å². The highest BCUT2D eigenvalue weighted by Crippen LogP contribution is 2.45. The molecule has 0 bridgehead atoms. The molecule has 24 heavy (non-hydrogen) atoms. The minimum absolute atomic E-state index is 0.0361. The lowest BCUT2D eigenvalue weighted by Gasteiger charge is -2.24. The van der Waals surface area contributed by atoms with Crippen molar-refractivity contribution in [1.29, 1.82) is 0 Å². The molecule has 0 aromatic heterocycles. The molecule has 0 heterocycles. The van der Waals surface area contributed by atoms with E-state index in [1.807, 2.05) is 0 Å². The molecule has 1 aromatic carbocycles. The maximum Gasteiger partial charge on any atom is 0.434 e. The third-order valence-electron chi connectivity index (χ3n) is 3.72. The SMILES string of the molecule is O=C(C[C@@H](c1ccc(Cl)cc1)C1CC1)OC(C(F)(F)F)C(F)(F)F. The topological polar surface area (TPSA) is 26.3 Å². The van der Waals surface area contributed by atoms with Crippen LogP contribution in [0.1, 0.15) is 30.7 Å². The maximum absolute atomic E-state index is 12.4. The average molecular weight is 375 g/mol. The largest absolute Gasteiger partial charge is 0.443 e. The summed E-state index contributed by atoms with van der Waals surface area (Å²) in [4.78, 5) is 11.7. The van der Waals surface area contributed by atoms with Gasteiger partial charge in [-0.05, 0) is 42.4 Å². The van der Waals surface area contributed by atoms with Crippen LogP contribution in [0.25, 0.3) is 0 Å². The number of halogens is 7. The number of carbonyl (C=O) groups excluding carboxylic acids is 1. The number of ether oxygens (including phenoxy) is 1. The number of rotatable bonds is 5.